The molecule has 0 bridgehead atoms. The van der Waals surface area contributed by atoms with Gasteiger partial charge >= 0.3 is 0 Å². The van der Waals surface area contributed by atoms with Gasteiger partial charge in [0, 0.05) is 21.7 Å². The van der Waals surface area contributed by atoms with Crippen molar-refractivity contribution in [2.24, 2.45) is 0 Å². The molecule has 0 aliphatic carbocycles. The van der Waals surface area contributed by atoms with Gasteiger partial charge in [-0.15, -0.1) is 0 Å². The second kappa shape index (κ2) is 8.83. The van der Waals surface area contributed by atoms with E-state index in [4.69, 9.17) is 16.0 Å². The van der Waals surface area contributed by atoms with Crippen molar-refractivity contribution in [1.29, 1.82) is 5.26 Å². The summed E-state index contributed by atoms with van der Waals surface area (Å²) in [6, 6.07) is 18.8. The second-order valence-electron chi connectivity index (χ2n) is 6.11. The first-order valence-electron chi connectivity index (χ1n) is 8.49. The number of carbonyl (C=O) groups excluding carboxylic acids is 1. The molecule has 3 rings (SSSR count). The number of aryl methyl sites for hydroxylation is 1. The van der Waals surface area contributed by atoms with Crippen molar-refractivity contribution in [3.05, 3.63) is 82.1 Å². The van der Waals surface area contributed by atoms with Crippen molar-refractivity contribution in [3.8, 4) is 6.07 Å². The predicted octanol–water partition coefficient (Wildman–Crippen LogP) is 6.25. The van der Waals surface area contributed by atoms with Crippen molar-refractivity contribution >= 4 is 41.0 Å². The topological polar surface area (TPSA) is 66.0 Å². The van der Waals surface area contributed by atoms with E-state index >= 15 is 0 Å². The molecule has 0 radical (unpaired) electrons. The summed E-state index contributed by atoms with van der Waals surface area (Å²) in [4.78, 5) is 13.5. The number of benzene rings is 2. The number of hydrogen-bond acceptors (Lipinski definition) is 4. The Hall–Kier alpha value is -2.94. The van der Waals surface area contributed by atoms with E-state index in [1.165, 1.54) is 23.4 Å². The van der Waals surface area contributed by atoms with Crippen LogP contribution in [0.4, 0.5) is 5.69 Å². The fourth-order valence-corrected chi connectivity index (χ4v) is 3.37. The van der Waals surface area contributed by atoms with Crippen LogP contribution in [-0.4, -0.2) is 5.91 Å². The van der Waals surface area contributed by atoms with Gasteiger partial charge < -0.3 is 9.73 Å². The SMILES string of the molecule is Cc1ccc(Sc2ccc(/C=C(/C#N)C(=O)Nc3cccc(Cl)c3C)o2)cc1. The van der Waals surface area contributed by atoms with Gasteiger partial charge in [-0.25, -0.2) is 0 Å². The highest BCUT2D eigenvalue weighted by Crippen LogP contribution is 2.30. The molecule has 0 fully saturated rings. The van der Waals surface area contributed by atoms with Crippen molar-refractivity contribution < 1.29 is 9.21 Å². The monoisotopic (exact) mass is 408 g/mol. The van der Waals surface area contributed by atoms with E-state index in [1.54, 1.807) is 31.2 Å². The van der Waals surface area contributed by atoms with Gasteiger partial charge in [0.25, 0.3) is 5.91 Å². The van der Waals surface area contributed by atoms with E-state index in [1.807, 2.05) is 43.3 Å². The van der Waals surface area contributed by atoms with Crippen molar-refractivity contribution in [2.75, 3.05) is 5.32 Å². The molecule has 1 N–H and O–H groups in total. The summed E-state index contributed by atoms with van der Waals surface area (Å²) in [5.74, 6) is -0.0823. The zero-order valence-electron chi connectivity index (χ0n) is 15.3. The molecule has 0 saturated heterocycles. The normalized spacial score (nSPS) is 11.1. The van der Waals surface area contributed by atoms with Crippen LogP contribution in [0.3, 0.4) is 0 Å². The lowest BCUT2D eigenvalue weighted by atomic mass is 10.1. The number of furan rings is 1. The summed E-state index contributed by atoms with van der Waals surface area (Å²) in [6.45, 7) is 3.83. The van der Waals surface area contributed by atoms with E-state index in [2.05, 4.69) is 5.32 Å². The highest BCUT2D eigenvalue weighted by molar-refractivity contribution is 7.99. The number of anilines is 1. The van der Waals surface area contributed by atoms with Gasteiger partial charge in [0.1, 0.15) is 17.4 Å². The first-order chi connectivity index (χ1) is 13.5. The predicted molar refractivity (Wildman–Crippen MR) is 112 cm³/mol. The molecule has 2 aromatic carbocycles. The molecular weight excluding hydrogens is 392 g/mol. The minimum atomic E-state index is -0.517. The molecule has 0 saturated carbocycles. The molecule has 0 aliphatic heterocycles. The molecule has 28 heavy (non-hydrogen) atoms. The lowest BCUT2D eigenvalue weighted by Crippen LogP contribution is -2.14. The minimum absolute atomic E-state index is 0.0550. The Morgan fingerprint density at radius 2 is 1.89 bits per heavy atom. The lowest BCUT2D eigenvalue weighted by molar-refractivity contribution is -0.112. The van der Waals surface area contributed by atoms with Gasteiger partial charge in [0.2, 0.25) is 0 Å². The smallest absolute Gasteiger partial charge is 0.266 e. The summed E-state index contributed by atoms with van der Waals surface area (Å²) in [5.41, 5.74) is 2.44. The first-order valence-corrected chi connectivity index (χ1v) is 9.68. The average molecular weight is 409 g/mol. The van der Waals surface area contributed by atoms with Crippen molar-refractivity contribution in [2.45, 2.75) is 23.8 Å². The summed E-state index contributed by atoms with van der Waals surface area (Å²) in [7, 11) is 0. The Morgan fingerprint density at radius 1 is 1.14 bits per heavy atom. The van der Waals surface area contributed by atoms with Crippen LogP contribution in [0.5, 0.6) is 0 Å². The Labute approximate surface area is 172 Å². The van der Waals surface area contributed by atoms with E-state index in [-0.39, 0.29) is 5.57 Å². The third-order valence-electron chi connectivity index (χ3n) is 4.01. The zero-order valence-corrected chi connectivity index (χ0v) is 16.9. The number of amides is 1. The van der Waals surface area contributed by atoms with Crippen LogP contribution in [0.1, 0.15) is 16.9 Å². The maximum atomic E-state index is 12.4. The molecule has 0 atom stereocenters. The third kappa shape index (κ3) is 4.86. The molecule has 1 aromatic heterocycles. The third-order valence-corrected chi connectivity index (χ3v) is 5.35. The lowest BCUT2D eigenvalue weighted by Gasteiger charge is -2.08. The van der Waals surface area contributed by atoms with Crippen molar-refractivity contribution in [1.82, 2.24) is 0 Å². The molecule has 6 heteroatoms. The van der Waals surface area contributed by atoms with E-state index < -0.39 is 5.91 Å². The van der Waals surface area contributed by atoms with E-state index in [0.717, 1.165) is 10.5 Å². The Bertz CT molecular complexity index is 1080. The number of carbonyl (C=O) groups is 1. The molecule has 3 aromatic rings. The van der Waals surface area contributed by atoms with E-state index in [9.17, 15) is 10.1 Å². The second-order valence-corrected chi connectivity index (χ2v) is 7.59. The van der Waals surface area contributed by atoms with Gasteiger partial charge in [-0.1, -0.05) is 47.1 Å². The first kappa shape index (κ1) is 19.8. The van der Waals surface area contributed by atoms with Gasteiger partial charge in [0.05, 0.1) is 0 Å². The molecule has 1 heterocycles. The molecule has 0 spiro atoms. The summed E-state index contributed by atoms with van der Waals surface area (Å²) < 4.78 is 5.73. The zero-order chi connectivity index (χ0) is 20.1. The average Bonchev–Trinajstić information content (AvgIpc) is 3.12. The fourth-order valence-electron chi connectivity index (χ4n) is 2.41. The Morgan fingerprint density at radius 3 is 2.61 bits per heavy atom. The molecule has 0 unspecified atom stereocenters. The van der Waals surface area contributed by atoms with Crippen LogP contribution in [-0.2, 0) is 4.79 Å². The Kier molecular flexibility index (Phi) is 6.25. The van der Waals surface area contributed by atoms with Gasteiger partial charge in [-0.2, -0.15) is 5.26 Å². The van der Waals surface area contributed by atoms with Gasteiger partial charge in [-0.3, -0.25) is 4.79 Å². The van der Waals surface area contributed by atoms with Gasteiger partial charge in [-0.05, 0) is 55.8 Å². The number of halogens is 1. The summed E-state index contributed by atoms with van der Waals surface area (Å²) in [6.07, 6.45) is 1.43. The fraction of sp³-hybridized carbons (Fsp3) is 0.0909. The maximum absolute atomic E-state index is 12.4. The standard InChI is InChI=1S/C22H17ClN2O2S/c1-14-6-9-18(10-7-14)28-21-11-8-17(27-21)12-16(13-24)22(26)25-20-5-3-4-19(23)15(20)2/h3-12H,1-2H3,(H,25,26)/b16-12-. The van der Waals surface area contributed by atoms with Crippen LogP contribution < -0.4 is 5.32 Å². The van der Waals surface area contributed by atoms with E-state index in [0.29, 0.717) is 21.6 Å². The van der Waals surface area contributed by atoms with Crippen LogP contribution in [0.2, 0.25) is 5.02 Å². The number of nitrogens with one attached hydrogen (secondary N) is 1. The van der Waals surface area contributed by atoms with Crippen LogP contribution >= 0.6 is 23.4 Å². The highest BCUT2D eigenvalue weighted by atomic mass is 35.5. The van der Waals surface area contributed by atoms with Crippen LogP contribution in [0, 0.1) is 25.2 Å². The summed E-state index contributed by atoms with van der Waals surface area (Å²) >= 11 is 7.54. The highest BCUT2D eigenvalue weighted by Gasteiger charge is 2.13. The molecule has 1 amide bonds. The quantitative estimate of drug-likeness (QED) is 0.400. The maximum Gasteiger partial charge on any atom is 0.266 e. The molecular formula is C22H17ClN2O2S. The number of nitrogens with zero attached hydrogens (tertiary/aromatic N) is 1. The molecule has 140 valence electrons. The number of nitriles is 1. The molecule has 0 aliphatic rings. The molecule has 4 nitrogen and oxygen atoms in total. The number of hydrogen-bond donors (Lipinski definition) is 1. The largest absolute Gasteiger partial charge is 0.450 e. The van der Waals surface area contributed by atoms with Crippen LogP contribution in [0.15, 0.2) is 74.6 Å². The minimum Gasteiger partial charge on any atom is -0.450 e. The Balaban J connectivity index is 1.74. The van der Waals surface area contributed by atoms with Gasteiger partial charge in [0.15, 0.2) is 5.09 Å². The van der Waals surface area contributed by atoms with Crippen molar-refractivity contribution in [3.63, 3.8) is 0 Å². The number of rotatable bonds is 5. The summed E-state index contributed by atoms with van der Waals surface area (Å²) in [5, 5.41) is 13.3. The van der Waals surface area contributed by atoms with Crippen LogP contribution in [0.25, 0.3) is 6.08 Å².